The zero-order valence-corrected chi connectivity index (χ0v) is 24.3. The summed E-state index contributed by atoms with van der Waals surface area (Å²) in [5.74, 6) is -1.52. The Morgan fingerprint density at radius 2 is 1.69 bits per heavy atom. The quantitative estimate of drug-likeness (QED) is 0.113. The number of rotatable bonds is 8. The first-order valence-electron chi connectivity index (χ1n) is 14.2. The SMILES string of the molecule is COc1cc(C=CC(=O)OC2C(CO)OC3OCC(c4ccc(O)c(O)c4)OC3C2OC2OC(C)C(O)C(O)C2O)ccc1O. The van der Waals surface area contributed by atoms with E-state index in [4.69, 9.17) is 33.2 Å². The second-order valence-electron chi connectivity index (χ2n) is 10.8. The van der Waals surface area contributed by atoms with Crippen molar-refractivity contribution in [3.8, 4) is 23.0 Å². The molecular formula is C30H36O15. The summed E-state index contributed by atoms with van der Waals surface area (Å²) in [4.78, 5) is 13.1. The predicted molar refractivity (Wildman–Crippen MR) is 150 cm³/mol. The van der Waals surface area contributed by atoms with E-state index in [1.165, 1.54) is 56.5 Å². The van der Waals surface area contributed by atoms with E-state index in [1.807, 2.05) is 0 Å². The third-order valence-electron chi connectivity index (χ3n) is 7.84. The van der Waals surface area contributed by atoms with Crippen LogP contribution in [0.1, 0.15) is 24.2 Å². The highest BCUT2D eigenvalue weighted by atomic mass is 16.8. The van der Waals surface area contributed by atoms with Gasteiger partial charge in [0.05, 0.1) is 26.4 Å². The molecule has 246 valence electrons. The van der Waals surface area contributed by atoms with E-state index in [0.717, 1.165) is 6.08 Å². The molecule has 11 unspecified atom stereocenters. The Hall–Kier alpha value is -3.51. The maximum absolute atomic E-state index is 13.1. The normalized spacial score (nSPS) is 35.1. The average molecular weight is 637 g/mol. The van der Waals surface area contributed by atoms with E-state index >= 15 is 0 Å². The standard InChI is InChI=1S/C30H36O15/c1-13-23(36)24(37)25(38)29(41-13)45-27-26(44-22(35)8-4-14-3-6-17(33)19(9-14)39-2)20(11-31)43-30-28(27)42-21(12-40-30)15-5-7-16(32)18(34)10-15/h3-10,13,20-21,23-34,36-38H,11-12H2,1-2H3. The predicted octanol–water partition coefficient (Wildman–Crippen LogP) is -0.176. The van der Waals surface area contributed by atoms with Gasteiger partial charge in [0, 0.05) is 6.08 Å². The van der Waals surface area contributed by atoms with Crippen molar-refractivity contribution >= 4 is 12.0 Å². The summed E-state index contributed by atoms with van der Waals surface area (Å²) in [7, 11) is 1.38. The molecule has 11 atom stereocenters. The summed E-state index contributed by atoms with van der Waals surface area (Å²) >= 11 is 0. The zero-order valence-electron chi connectivity index (χ0n) is 24.3. The van der Waals surface area contributed by atoms with E-state index in [-0.39, 0.29) is 23.9 Å². The maximum Gasteiger partial charge on any atom is 0.331 e. The van der Waals surface area contributed by atoms with E-state index in [9.17, 15) is 40.5 Å². The number of esters is 1. The molecule has 3 aliphatic rings. The zero-order chi connectivity index (χ0) is 32.4. The molecule has 0 saturated carbocycles. The summed E-state index contributed by atoms with van der Waals surface area (Å²) in [5.41, 5.74) is 0.922. The number of carbonyl (C=O) groups is 1. The number of aromatic hydroxyl groups is 3. The highest BCUT2D eigenvalue weighted by molar-refractivity contribution is 5.87. The van der Waals surface area contributed by atoms with Crippen LogP contribution in [0.2, 0.25) is 0 Å². The molecule has 2 aromatic carbocycles. The van der Waals surface area contributed by atoms with E-state index in [2.05, 4.69) is 0 Å². The number of aliphatic hydroxyl groups excluding tert-OH is 4. The van der Waals surface area contributed by atoms with Crippen LogP contribution in [0, 0.1) is 0 Å². The molecular weight excluding hydrogens is 600 g/mol. The average Bonchev–Trinajstić information content (AvgIpc) is 3.03. The largest absolute Gasteiger partial charge is 0.504 e. The fourth-order valence-corrected chi connectivity index (χ4v) is 5.34. The number of methoxy groups -OCH3 is 1. The van der Waals surface area contributed by atoms with Gasteiger partial charge in [-0.1, -0.05) is 12.1 Å². The second-order valence-corrected chi connectivity index (χ2v) is 10.8. The molecule has 3 heterocycles. The van der Waals surface area contributed by atoms with Gasteiger partial charge < -0.3 is 68.9 Å². The number of benzene rings is 2. The summed E-state index contributed by atoms with van der Waals surface area (Å²) in [6.07, 6.45) is -11.8. The molecule has 15 nitrogen and oxygen atoms in total. The molecule has 3 saturated heterocycles. The molecule has 0 spiro atoms. The lowest BCUT2D eigenvalue weighted by molar-refractivity contribution is -0.384. The molecule has 3 fully saturated rings. The van der Waals surface area contributed by atoms with E-state index < -0.39 is 85.8 Å². The Kier molecular flexibility index (Phi) is 10.1. The van der Waals surface area contributed by atoms with Gasteiger partial charge in [-0.3, -0.25) is 0 Å². The van der Waals surface area contributed by atoms with Crippen LogP contribution in [-0.4, -0.2) is 123 Å². The number of hydrogen-bond acceptors (Lipinski definition) is 15. The summed E-state index contributed by atoms with van der Waals surface area (Å²) in [6, 6.07) is 8.48. The second kappa shape index (κ2) is 13.9. The van der Waals surface area contributed by atoms with Crippen molar-refractivity contribution in [1.29, 1.82) is 0 Å². The van der Waals surface area contributed by atoms with Crippen molar-refractivity contribution in [3.63, 3.8) is 0 Å². The number of carbonyl (C=O) groups excluding carboxylic acids is 1. The van der Waals surface area contributed by atoms with Gasteiger partial charge in [-0.05, 0) is 48.4 Å². The minimum absolute atomic E-state index is 0.0654. The molecule has 0 aliphatic carbocycles. The summed E-state index contributed by atoms with van der Waals surface area (Å²) in [5, 5.41) is 71.0. The van der Waals surface area contributed by atoms with Crippen molar-refractivity contribution in [2.24, 2.45) is 0 Å². The van der Waals surface area contributed by atoms with Crippen molar-refractivity contribution in [3.05, 3.63) is 53.6 Å². The van der Waals surface area contributed by atoms with Gasteiger partial charge in [0.1, 0.15) is 42.7 Å². The Morgan fingerprint density at radius 1 is 0.933 bits per heavy atom. The van der Waals surface area contributed by atoms with Crippen LogP contribution in [-0.2, 0) is 33.2 Å². The number of hydrogen-bond donors (Lipinski definition) is 7. The van der Waals surface area contributed by atoms with Gasteiger partial charge in [-0.2, -0.15) is 0 Å². The van der Waals surface area contributed by atoms with Crippen molar-refractivity contribution < 1.29 is 73.7 Å². The van der Waals surface area contributed by atoms with Crippen LogP contribution in [0.3, 0.4) is 0 Å². The van der Waals surface area contributed by atoms with Crippen LogP contribution in [0.25, 0.3) is 6.08 Å². The molecule has 0 amide bonds. The highest BCUT2D eigenvalue weighted by Gasteiger charge is 2.55. The first-order chi connectivity index (χ1) is 21.5. The summed E-state index contributed by atoms with van der Waals surface area (Å²) < 4.78 is 40.6. The van der Waals surface area contributed by atoms with Crippen molar-refractivity contribution in [2.75, 3.05) is 20.3 Å². The Labute approximate surface area is 257 Å². The fourth-order valence-electron chi connectivity index (χ4n) is 5.34. The van der Waals surface area contributed by atoms with Gasteiger partial charge in [0.2, 0.25) is 0 Å². The van der Waals surface area contributed by atoms with Gasteiger partial charge in [0.15, 0.2) is 41.7 Å². The van der Waals surface area contributed by atoms with E-state index in [0.29, 0.717) is 11.1 Å². The molecule has 2 aromatic rings. The number of phenols is 3. The first kappa shape index (κ1) is 32.9. The number of aliphatic hydroxyl groups is 4. The smallest absolute Gasteiger partial charge is 0.331 e. The van der Waals surface area contributed by atoms with Gasteiger partial charge in [0.25, 0.3) is 0 Å². The minimum atomic E-state index is -1.72. The first-order valence-corrected chi connectivity index (χ1v) is 14.2. The Bertz CT molecular complexity index is 1370. The molecule has 0 aromatic heterocycles. The lowest BCUT2D eigenvalue weighted by atomic mass is 9.95. The number of ether oxygens (including phenoxy) is 7. The molecule has 3 aliphatic heterocycles. The topological polar surface area (TPSA) is 223 Å². The van der Waals surface area contributed by atoms with Gasteiger partial charge >= 0.3 is 5.97 Å². The maximum atomic E-state index is 13.1. The molecule has 0 radical (unpaired) electrons. The third kappa shape index (κ3) is 7.01. The minimum Gasteiger partial charge on any atom is -0.504 e. The van der Waals surface area contributed by atoms with Gasteiger partial charge in [-0.25, -0.2) is 4.79 Å². The number of fused-ring (bicyclic) bond motifs is 1. The van der Waals surface area contributed by atoms with Crippen LogP contribution >= 0.6 is 0 Å². The molecule has 0 bridgehead atoms. The molecule has 15 heteroatoms. The fraction of sp³-hybridized carbons (Fsp3) is 0.500. The Balaban J connectivity index is 1.43. The van der Waals surface area contributed by atoms with Crippen molar-refractivity contribution in [2.45, 2.75) is 74.4 Å². The van der Waals surface area contributed by atoms with Crippen LogP contribution in [0.4, 0.5) is 0 Å². The molecule has 45 heavy (non-hydrogen) atoms. The molecule has 5 rings (SSSR count). The van der Waals surface area contributed by atoms with Crippen LogP contribution < -0.4 is 4.74 Å². The highest BCUT2D eigenvalue weighted by Crippen LogP contribution is 2.39. The Morgan fingerprint density at radius 3 is 2.40 bits per heavy atom. The summed E-state index contributed by atoms with van der Waals surface area (Å²) in [6.45, 7) is 0.752. The van der Waals surface area contributed by atoms with Crippen LogP contribution in [0.15, 0.2) is 42.5 Å². The van der Waals surface area contributed by atoms with Crippen LogP contribution in [0.5, 0.6) is 23.0 Å². The van der Waals surface area contributed by atoms with Crippen molar-refractivity contribution in [1.82, 2.24) is 0 Å². The number of phenolic OH excluding ortho intramolecular Hbond substituents is 3. The third-order valence-corrected chi connectivity index (χ3v) is 7.84. The lowest BCUT2D eigenvalue weighted by Crippen LogP contribution is -2.66. The monoisotopic (exact) mass is 636 g/mol. The van der Waals surface area contributed by atoms with Gasteiger partial charge in [-0.15, -0.1) is 0 Å². The molecule has 7 N–H and O–H groups in total. The van der Waals surface area contributed by atoms with E-state index in [1.54, 1.807) is 0 Å². The lowest BCUT2D eigenvalue weighted by Gasteiger charge is -2.50.